The number of hydrogen-bond acceptors (Lipinski definition) is 1. The minimum Gasteiger partial charge on any atom is -0.482 e. The first kappa shape index (κ1) is 9.25. The summed E-state index contributed by atoms with van der Waals surface area (Å²) in [6.07, 6.45) is 0.574. The molecule has 1 aromatic carbocycles. The first-order valence-corrected chi connectivity index (χ1v) is 4.65. The second-order valence-corrected chi connectivity index (χ2v) is 4.01. The van der Waals surface area contributed by atoms with E-state index < -0.39 is 5.60 Å². The fourth-order valence-corrected chi connectivity index (χ4v) is 1.66. The molecule has 1 aliphatic rings. The lowest BCUT2D eigenvalue weighted by molar-refractivity contribution is 0.157. The Morgan fingerprint density at radius 2 is 2.29 bits per heavy atom. The molecule has 0 saturated carbocycles. The van der Waals surface area contributed by atoms with Crippen LogP contribution in [0.3, 0.4) is 0 Å². The zero-order valence-electron chi connectivity index (χ0n) is 8.43. The molecule has 1 aliphatic heterocycles. The minimum atomic E-state index is -0.440. The standard InChI is InChI=1S/C12H13FO/c1-8(2)12(3)7-9-10(13)5-4-6-11(9)14-12/h4-6H,1,7H2,2-3H3/t12-/m0/s1. The van der Waals surface area contributed by atoms with E-state index >= 15 is 0 Å². The maximum atomic E-state index is 13.4. The summed E-state index contributed by atoms with van der Waals surface area (Å²) in [4.78, 5) is 0. The van der Waals surface area contributed by atoms with Gasteiger partial charge in [-0.2, -0.15) is 0 Å². The van der Waals surface area contributed by atoms with Crippen molar-refractivity contribution in [3.8, 4) is 5.75 Å². The molecule has 2 rings (SSSR count). The maximum Gasteiger partial charge on any atom is 0.131 e. The van der Waals surface area contributed by atoms with Gasteiger partial charge in [0.2, 0.25) is 0 Å². The van der Waals surface area contributed by atoms with Gasteiger partial charge in [0, 0.05) is 12.0 Å². The lowest BCUT2D eigenvalue weighted by Gasteiger charge is -2.23. The monoisotopic (exact) mass is 192 g/mol. The van der Waals surface area contributed by atoms with Crippen LogP contribution < -0.4 is 4.74 Å². The highest BCUT2D eigenvalue weighted by Gasteiger charge is 2.36. The van der Waals surface area contributed by atoms with E-state index in [0.717, 1.165) is 5.57 Å². The molecule has 0 amide bonds. The van der Waals surface area contributed by atoms with E-state index in [4.69, 9.17) is 4.74 Å². The van der Waals surface area contributed by atoms with E-state index in [1.54, 1.807) is 12.1 Å². The van der Waals surface area contributed by atoms with Gasteiger partial charge in [-0.05, 0) is 31.6 Å². The van der Waals surface area contributed by atoms with Gasteiger partial charge in [-0.15, -0.1) is 0 Å². The van der Waals surface area contributed by atoms with Crippen molar-refractivity contribution < 1.29 is 9.13 Å². The predicted octanol–water partition coefficient (Wildman–Crippen LogP) is 3.10. The summed E-state index contributed by atoms with van der Waals surface area (Å²) < 4.78 is 19.1. The van der Waals surface area contributed by atoms with Gasteiger partial charge < -0.3 is 4.74 Å². The Bertz CT molecular complexity index is 397. The van der Waals surface area contributed by atoms with Gasteiger partial charge in [0.15, 0.2) is 0 Å². The van der Waals surface area contributed by atoms with Crippen LogP contribution in [0.4, 0.5) is 4.39 Å². The molecule has 2 heteroatoms. The molecule has 0 saturated heterocycles. The van der Waals surface area contributed by atoms with E-state index in [1.807, 2.05) is 13.8 Å². The summed E-state index contributed by atoms with van der Waals surface area (Å²) in [5, 5.41) is 0. The molecule has 0 aliphatic carbocycles. The van der Waals surface area contributed by atoms with Crippen LogP contribution in [-0.4, -0.2) is 5.60 Å². The minimum absolute atomic E-state index is 0.188. The van der Waals surface area contributed by atoms with Crippen molar-refractivity contribution in [1.82, 2.24) is 0 Å². The fraction of sp³-hybridized carbons (Fsp3) is 0.333. The topological polar surface area (TPSA) is 9.23 Å². The smallest absolute Gasteiger partial charge is 0.131 e. The number of ether oxygens (including phenoxy) is 1. The molecule has 1 atom stereocenters. The Kier molecular flexibility index (Phi) is 1.88. The molecule has 0 spiro atoms. The van der Waals surface area contributed by atoms with Gasteiger partial charge in [0.05, 0.1) is 0 Å². The van der Waals surface area contributed by atoms with Crippen molar-refractivity contribution >= 4 is 0 Å². The summed E-state index contributed by atoms with van der Waals surface area (Å²) in [5.74, 6) is 0.461. The van der Waals surface area contributed by atoms with Crippen LogP contribution in [0.5, 0.6) is 5.75 Å². The highest BCUT2D eigenvalue weighted by Crippen LogP contribution is 2.39. The molecule has 0 radical (unpaired) electrons. The van der Waals surface area contributed by atoms with Crippen LogP contribution in [0.2, 0.25) is 0 Å². The van der Waals surface area contributed by atoms with Gasteiger partial charge in [0.25, 0.3) is 0 Å². The molecule has 74 valence electrons. The molecule has 1 aromatic rings. The second-order valence-electron chi connectivity index (χ2n) is 4.01. The highest BCUT2D eigenvalue weighted by molar-refractivity contribution is 5.42. The summed E-state index contributed by atoms with van der Waals surface area (Å²) >= 11 is 0. The van der Waals surface area contributed by atoms with Crippen molar-refractivity contribution in [3.63, 3.8) is 0 Å². The zero-order chi connectivity index (χ0) is 10.3. The molecule has 0 aromatic heterocycles. The van der Waals surface area contributed by atoms with Crippen LogP contribution in [-0.2, 0) is 6.42 Å². The third kappa shape index (κ3) is 1.22. The quantitative estimate of drug-likeness (QED) is 0.621. The lowest BCUT2D eigenvalue weighted by Crippen LogP contribution is -2.31. The predicted molar refractivity (Wildman–Crippen MR) is 54.0 cm³/mol. The summed E-state index contributed by atoms with van der Waals surface area (Å²) in [6, 6.07) is 4.93. The average Bonchev–Trinajstić information content (AvgIpc) is 2.45. The number of fused-ring (bicyclic) bond motifs is 1. The van der Waals surface area contributed by atoms with E-state index in [0.29, 0.717) is 17.7 Å². The van der Waals surface area contributed by atoms with E-state index in [-0.39, 0.29) is 5.82 Å². The number of halogens is 1. The Morgan fingerprint density at radius 1 is 1.57 bits per heavy atom. The molecule has 0 bridgehead atoms. The Labute approximate surface area is 83.2 Å². The summed E-state index contributed by atoms with van der Waals surface area (Å²) in [5.41, 5.74) is 1.15. The van der Waals surface area contributed by atoms with Crippen molar-refractivity contribution in [2.24, 2.45) is 0 Å². The zero-order valence-corrected chi connectivity index (χ0v) is 8.43. The van der Waals surface area contributed by atoms with Gasteiger partial charge in [0.1, 0.15) is 17.2 Å². The van der Waals surface area contributed by atoms with Crippen LogP contribution >= 0.6 is 0 Å². The first-order chi connectivity index (χ1) is 6.53. The molecule has 0 fully saturated rings. The Hall–Kier alpha value is -1.31. The largest absolute Gasteiger partial charge is 0.482 e. The molecule has 0 N–H and O–H groups in total. The number of rotatable bonds is 1. The van der Waals surface area contributed by atoms with E-state index in [2.05, 4.69) is 6.58 Å². The average molecular weight is 192 g/mol. The SMILES string of the molecule is C=C(C)[C@]1(C)Cc2c(F)cccc2O1. The molecular weight excluding hydrogens is 179 g/mol. The lowest BCUT2D eigenvalue weighted by atomic mass is 9.93. The molecule has 14 heavy (non-hydrogen) atoms. The summed E-state index contributed by atoms with van der Waals surface area (Å²) in [6.45, 7) is 7.72. The molecular formula is C12H13FO. The summed E-state index contributed by atoms with van der Waals surface area (Å²) in [7, 11) is 0. The maximum absolute atomic E-state index is 13.4. The molecule has 1 heterocycles. The van der Waals surface area contributed by atoms with Gasteiger partial charge >= 0.3 is 0 Å². The van der Waals surface area contributed by atoms with Crippen LogP contribution in [0.1, 0.15) is 19.4 Å². The molecule has 0 unspecified atom stereocenters. The van der Waals surface area contributed by atoms with Gasteiger partial charge in [-0.25, -0.2) is 4.39 Å². The second kappa shape index (κ2) is 2.84. The number of hydrogen-bond donors (Lipinski definition) is 0. The van der Waals surface area contributed by atoms with Crippen molar-refractivity contribution in [3.05, 3.63) is 41.7 Å². The van der Waals surface area contributed by atoms with Gasteiger partial charge in [-0.1, -0.05) is 12.6 Å². The van der Waals surface area contributed by atoms with Crippen LogP contribution in [0.15, 0.2) is 30.4 Å². The Balaban J connectivity index is 2.44. The van der Waals surface area contributed by atoms with Crippen LogP contribution in [0.25, 0.3) is 0 Å². The molecule has 1 nitrogen and oxygen atoms in total. The third-order valence-corrected chi connectivity index (χ3v) is 2.83. The Morgan fingerprint density at radius 3 is 2.86 bits per heavy atom. The van der Waals surface area contributed by atoms with Crippen molar-refractivity contribution in [2.75, 3.05) is 0 Å². The van der Waals surface area contributed by atoms with E-state index in [9.17, 15) is 4.39 Å². The normalized spacial score (nSPS) is 24.2. The van der Waals surface area contributed by atoms with Crippen LogP contribution in [0, 0.1) is 5.82 Å². The van der Waals surface area contributed by atoms with Crippen molar-refractivity contribution in [2.45, 2.75) is 25.9 Å². The highest BCUT2D eigenvalue weighted by atomic mass is 19.1. The van der Waals surface area contributed by atoms with E-state index in [1.165, 1.54) is 6.07 Å². The van der Waals surface area contributed by atoms with Crippen molar-refractivity contribution in [1.29, 1.82) is 0 Å². The third-order valence-electron chi connectivity index (χ3n) is 2.83. The first-order valence-electron chi connectivity index (χ1n) is 4.65. The fourth-order valence-electron chi connectivity index (χ4n) is 1.66. The number of benzene rings is 1. The van der Waals surface area contributed by atoms with Gasteiger partial charge in [-0.3, -0.25) is 0 Å².